The zero-order chi connectivity index (χ0) is 17.6. The van der Waals surface area contributed by atoms with Crippen LogP contribution in [0.2, 0.25) is 0 Å². The Hall–Kier alpha value is -1.68. The lowest BCUT2D eigenvalue weighted by Gasteiger charge is -2.09. The van der Waals surface area contributed by atoms with Crippen LogP contribution in [0, 0.1) is 5.92 Å². The van der Waals surface area contributed by atoms with Crippen LogP contribution in [0.4, 0.5) is 0 Å². The molecule has 1 amide bonds. The van der Waals surface area contributed by atoms with E-state index in [1.807, 2.05) is 19.5 Å². The van der Waals surface area contributed by atoms with Crippen molar-refractivity contribution in [3.63, 3.8) is 0 Å². The van der Waals surface area contributed by atoms with Gasteiger partial charge in [0.1, 0.15) is 0 Å². The van der Waals surface area contributed by atoms with Crippen LogP contribution in [0.15, 0.2) is 41.1 Å². The van der Waals surface area contributed by atoms with Gasteiger partial charge in [0.15, 0.2) is 0 Å². The molecule has 0 aliphatic heterocycles. The lowest BCUT2D eigenvalue weighted by Crippen LogP contribution is -2.25. The van der Waals surface area contributed by atoms with Crippen LogP contribution in [0.5, 0.6) is 0 Å². The largest absolute Gasteiger partial charge is 0.356 e. The summed E-state index contributed by atoms with van der Waals surface area (Å²) in [6.45, 7) is 5.12. The van der Waals surface area contributed by atoms with Crippen LogP contribution in [0.3, 0.4) is 0 Å². The molecular weight excluding hydrogens is 298 g/mol. The van der Waals surface area contributed by atoms with Gasteiger partial charge in [-0.2, -0.15) is 0 Å². The van der Waals surface area contributed by atoms with Crippen LogP contribution in [-0.2, 0) is 4.79 Å². The number of hydrogen-bond donors (Lipinski definition) is 2. The predicted octanol–water partition coefficient (Wildman–Crippen LogP) is 3.77. The average molecular weight is 332 g/mol. The van der Waals surface area contributed by atoms with Crippen molar-refractivity contribution in [3.8, 4) is 0 Å². The van der Waals surface area contributed by atoms with Gasteiger partial charge in [-0.3, -0.25) is 9.79 Å². The highest BCUT2D eigenvalue weighted by Crippen LogP contribution is 2.19. The number of nitrogens with one attached hydrogen (secondary N) is 2. The highest BCUT2D eigenvalue weighted by molar-refractivity contribution is 5.78. The minimum absolute atomic E-state index is 0.115. The highest BCUT2D eigenvalue weighted by Gasteiger charge is 2.05. The summed E-state index contributed by atoms with van der Waals surface area (Å²) < 4.78 is 0. The van der Waals surface area contributed by atoms with Gasteiger partial charge in [0, 0.05) is 31.4 Å². The normalized spacial score (nSPS) is 20.5. The summed E-state index contributed by atoms with van der Waals surface area (Å²) in [5, 5.41) is 6.20. The SMILES string of the molecule is CNC(C)CCCCNC(=O)CCC=N/C=C1/CC=CC=CC1C. The van der Waals surface area contributed by atoms with Gasteiger partial charge in [-0.1, -0.05) is 37.6 Å². The number of allylic oxidation sites excluding steroid dienone is 5. The molecule has 1 aliphatic carbocycles. The fraction of sp³-hybridized carbons (Fsp3) is 0.600. The maximum absolute atomic E-state index is 11.7. The maximum Gasteiger partial charge on any atom is 0.220 e. The van der Waals surface area contributed by atoms with Gasteiger partial charge in [0.2, 0.25) is 5.91 Å². The third-order valence-electron chi connectivity index (χ3n) is 4.31. The molecule has 2 atom stereocenters. The third-order valence-corrected chi connectivity index (χ3v) is 4.31. The van der Waals surface area contributed by atoms with E-state index >= 15 is 0 Å². The van der Waals surface area contributed by atoms with Gasteiger partial charge in [-0.25, -0.2) is 0 Å². The van der Waals surface area contributed by atoms with E-state index in [1.165, 1.54) is 5.57 Å². The summed E-state index contributed by atoms with van der Waals surface area (Å²) in [7, 11) is 1.98. The van der Waals surface area contributed by atoms with Crippen molar-refractivity contribution in [2.45, 2.75) is 58.4 Å². The molecule has 0 aromatic heterocycles. The van der Waals surface area contributed by atoms with Gasteiger partial charge in [-0.05, 0) is 51.1 Å². The van der Waals surface area contributed by atoms with Crippen molar-refractivity contribution in [1.82, 2.24) is 10.6 Å². The molecule has 1 aliphatic rings. The van der Waals surface area contributed by atoms with Gasteiger partial charge in [0.25, 0.3) is 0 Å². The Bertz CT molecular complexity index is 477. The first kappa shape index (κ1) is 20.4. The number of unbranched alkanes of at least 4 members (excludes halogenated alkanes) is 1. The first-order chi connectivity index (χ1) is 11.6. The summed E-state index contributed by atoms with van der Waals surface area (Å²) in [6.07, 6.45) is 17.7. The molecule has 0 saturated carbocycles. The zero-order valence-electron chi connectivity index (χ0n) is 15.4. The molecule has 0 aromatic carbocycles. The summed E-state index contributed by atoms with van der Waals surface area (Å²) >= 11 is 0. The fourth-order valence-corrected chi connectivity index (χ4v) is 2.45. The quantitative estimate of drug-likeness (QED) is 0.473. The van der Waals surface area contributed by atoms with E-state index in [-0.39, 0.29) is 5.91 Å². The molecule has 4 nitrogen and oxygen atoms in total. The molecule has 0 saturated heterocycles. The van der Waals surface area contributed by atoms with E-state index in [2.05, 4.69) is 53.8 Å². The molecule has 1 rings (SSSR count). The Morgan fingerprint density at radius 3 is 3.04 bits per heavy atom. The Labute approximate surface area is 147 Å². The molecule has 24 heavy (non-hydrogen) atoms. The average Bonchev–Trinajstić information content (AvgIpc) is 2.78. The molecule has 134 valence electrons. The molecule has 2 N–H and O–H groups in total. The first-order valence-corrected chi connectivity index (χ1v) is 9.11. The van der Waals surface area contributed by atoms with Gasteiger partial charge < -0.3 is 10.6 Å². The van der Waals surface area contributed by atoms with E-state index in [4.69, 9.17) is 0 Å². The van der Waals surface area contributed by atoms with E-state index in [9.17, 15) is 4.79 Å². The number of amides is 1. The molecule has 2 unspecified atom stereocenters. The Morgan fingerprint density at radius 2 is 2.25 bits per heavy atom. The predicted molar refractivity (Wildman–Crippen MR) is 103 cm³/mol. The Balaban J connectivity index is 2.12. The first-order valence-electron chi connectivity index (χ1n) is 9.11. The Kier molecular flexibility index (Phi) is 10.8. The van der Waals surface area contributed by atoms with E-state index in [0.717, 1.165) is 32.2 Å². The summed E-state index contributed by atoms with van der Waals surface area (Å²) in [4.78, 5) is 16.1. The second kappa shape index (κ2) is 12.7. The number of nitrogens with zero attached hydrogens (tertiary/aromatic N) is 1. The molecular formula is C20H33N3O. The van der Waals surface area contributed by atoms with Crippen molar-refractivity contribution < 1.29 is 4.79 Å². The van der Waals surface area contributed by atoms with Crippen LogP contribution in [-0.4, -0.2) is 31.8 Å². The van der Waals surface area contributed by atoms with Gasteiger partial charge >= 0.3 is 0 Å². The van der Waals surface area contributed by atoms with Crippen molar-refractivity contribution >= 4 is 12.1 Å². The second-order valence-corrected chi connectivity index (χ2v) is 6.42. The topological polar surface area (TPSA) is 53.5 Å². The standard InChI is InChI=1S/C20H33N3O/c1-17-10-5-4-6-12-19(17)16-22-14-9-13-20(24)23-15-8-7-11-18(2)21-3/h4-6,10,14,16-18,21H,7-9,11-13,15H2,1-3H3,(H,23,24)/b19-16-,22-14?. The van der Waals surface area contributed by atoms with Crippen molar-refractivity contribution in [2.75, 3.05) is 13.6 Å². The summed E-state index contributed by atoms with van der Waals surface area (Å²) in [5.41, 5.74) is 1.30. The van der Waals surface area contributed by atoms with Crippen LogP contribution >= 0.6 is 0 Å². The Morgan fingerprint density at radius 1 is 1.42 bits per heavy atom. The van der Waals surface area contributed by atoms with E-state index < -0.39 is 0 Å². The molecule has 0 heterocycles. The molecule has 0 bridgehead atoms. The summed E-state index contributed by atoms with van der Waals surface area (Å²) in [5.74, 6) is 0.538. The van der Waals surface area contributed by atoms with Gasteiger partial charge in [-0.15, -0.1) is 0 Å². The fourth-order valence-electron chi connectivity index (χ4n) is 2.45. The summed E-state index contributed by atoms with van der Waals surface area (Å²) in [6, 6.07) is 0.549. The molecule has 0 fully saturated rings. The van der Waals surface area contributed by atoms with Crippen LogP contribution in [0.25, 0.3) is 0 Å². The minimum atomic E-state index is 0.115. The molecule has 4 heteroatoms. The van der Waals surface area contributed by atoms with Gasteiger partial charge in [0.05, 0.1) is 0 Å². The minimum Gasteiger partial charge on any atom is -0.356 e. The van der Waals surface area contributed by atoms with Crippen molar-refractivity contribution in [2.24, 2.45) is 10.9 Å². The number of aliphatic imine (C=N–C) groups is 1. The number of carbonyl (C=O) groups is 1. The number of hydrogen-bond acceptors (Lipinski definition) is 3. The lowest BCUT2D eigenvalue weighted by atomic mass is 10.0. The van der Waals surface area contributed by atoms with Crippen molar-refractivity contribution in [3.05, 3.63) is 36.1 Å². The molecule has 0 aromatic rings. The van der Waals surface area contributed by atoms with Crippen molar-refractivity contribution in [1.29, 1.82) is 0 Å². The second-order valence-electron chi connectivity index (χ2n) is 6.42. The number of rotatable bonds is 10. The van der Waals surface area contributed by atoms with E-state index in [0.29, 0.717) is 24.8 Å². The zero-order valence-corrected chi connectivity index (χ0v) is 15.4. The lowest BCUT2D eigenvalue weighted by molar-refractivity contribution is -0.120. The molecule has 0 radical (unpaired) electrons. The van der Waals surface area contributed by atoms with Crippen LogP contribution < -0.4 is 10.6 Å². The van der Waals surface area contributed by atoms with Crippen LogP contribution in [0.1, 0.15) is 52.4 Å². The highest BCUT2D eigenvalue weighted by atomic mass is 16.1. The third kappa shape index (κ3) is 9.46. The number of carbonyl (C=O) groups excluding carboxylic acids is 1. The van der Waals surface area contributed by atoms with E-state index in [1.54, 1.807) is 0 Å². The maximum atomic E-state index is 11.7. The monoisotopic (exact) mass is 331 g/mol. The smallest absolute Gasteiger partial charge is 0.220 e. The molecule has 0 spiro atoms.